The molecule has 0 saturated heterocycles. The van der Waals surface area contributed by atoms with Gasteiger partial charge in [0, 0.05) is 0 Å². The molecule has 0 aliphatic heterocycles. The molecule has 92 valence electrons. The van der Waals surface area contributed by atoms with Crippen molar-refractivity contribution in [2.45, 2.75) is 12.6 Å². The molecule has 0 fully saturated rings. The van der Waals surface area contributed by atoms with Crippen LogP contribution in [0.25, 0.3) is 0 Å². The largest absolute Gasteiger partial charge is 0.397 e. The van der Waals surface area contributed by atoms with E-state index in [9.17, 15) is 22.4 Å². The minimum Gasteiger partial charge on any atom is -0.369 e. The van der Waals surface area contributed by atoms with Gasteiger partial charge in [0.25, 0.3) is 0 Å². The van der Waals surface area contributed by atoms with E-state index in [0.29, 0.717) is 5.56 Å². The van der Waals surface area contributed by atoms with Crippen molar-refractivity contribution in [1.82, 2.24) is 0 Å². The Labute approximate surface area is 94.5 Å². The number of nitrogens with two attached hydrogens (primary N) is 1. The molecule has 1 aromatic rings. The Morgan fingerprint density at radius 1 is 1.29 bits per heavy atom. The normalized spacial score (nSPS) is 9.82. The molecular weight excluding hydrogens is 240 g/mol. The first-order valence-corrected chi connectivity index (χ1v) is 4.25. The predicted octanol–water partition coefficient (Wildman–Crippen LogP) is 2.12. The second kappa shape index (κ2) is 6.48. The second-order valence-electron chi connectivity index (χ2n) is 2.88. The number of carbonyl (C=O) groups excluding carboxylic acids is 1. The lowest BCUT2D eigenvalue weighted by atomic mass is 10.2. The third-order valence-electron chi connectivity index (χ3n) is 1.35. The van der Waals surface area contributed by atoms with Gasteiger partial charge in [0.15, 0.2) is 0 Å². The number of hydrogen-bond acceptors (Lipinski definition) is 2. The molecule has 0 unspecified atom stereocenters. The number of rotatable bonds is 1. The zero-order valence-corrected chi connectivity index (χ0v) is 8.46. The highest BCUT2D eigenvalue weighted by Crippen LogP contribution is 2.17. The average molecular weight is 248 g/mol. The van der Waals surface area contributed by atoms with Gasteiger partial charge in [0.05, 0.1) is 11.6 Å². The van der Waals surface area contributed by atoms with Crippen LogP contribution in [-0.2, 0) is 4.79 Å². The zero-order chi connectivity index (χ0) is 13.5. The van der Waals surface area contributed by atoms with E-state index in [1.54, 1.807) is 0 Å². The summed E-state index contributed by atoms with van der Waals surface area (Å²) in [5.74, 6) is -1.66. The maximum absolute atomic E-state index is 12.1. The molecule has 17 heavy (non-hydrogen) atoms. The van der Waals surface area contributed by atoms with Crippen molar-refractivity contribution in [3.63, 3.8) is 0 Å². The van der Waals surface area contributed by atoms with Crippen LogP contribution >= 0.6 is 0 Å². The maximum Gasteiger partial charge on any atom is 0.397 e. The van der Waals surface area contributed by atoms with Gasteiger partial charge in [-0.2, -0.15) is 18.4 Å². The summed E-state index contributed by atoms with van der Waals surface area (Å²) in [5.41, 5.74) is 4.70. The van der Waals surface area contributed by atoms with Crippen molar-refractivity contribution < 1.29 is 22.4 Å². The van der Waals surface area contributed by atoms with Crippen molar-refractivity contribution in [1.29, 1.82) is 5.26 Å². The van der Waals surface area contributed by atoms with Crippen LogP contribution in [-0.4, -0.2) is 12.1 Å². The summed E-state index contributed by atoms with van der Waals surface area (Å²) in [6.07, 6.45) is -5.99. The van der Waals surface area contributed by atoms with Crippen LogP contribution in [0.15, 0.2) is 24.3 Å². The lowest BCUT2D eigenvalue weighted by Gasteiger charge is -1.99. The molecule has 0 atom stereocenters. The highest BCUT2D eigenvalue weighted by molar-refractivity contribution is 5.74. The molecule has 3 nitrogen and oxygen atoms in total. The van der Waals surface area contributed by atoms with E-state index >= 15 is 0 Å². The molecule has 7 heteroatoms. The van der Waals surface area contributed by atoms with Gasteiger partial charge in [-0.25, -0.2) is 4.39 Å². The average Bonchev–Trinajstić information content (AvgIpc) is 2.16. The minimum atomic E-state index is -4.45. The van der Waals surface area contributed by atoms with Crippen LogP contribution in [0, 0.1) is 17.1 Å². The van der Waals surface area contributed by atoms with Gasteiger partial charge in [-0.3, -0.25) is 4.79 Å². The number of benzene rings is 1. The Balaban J connectivity index is 0.000000304. The Hall–Kier alpha value is -2.10. The lowest BCUT2D eigenvalue weighted by Crippen LogP contribution is -2.21. The fourth-order valence-electron chi connectivity index (χ4n) is 0.722. The Morgan fingerprint density at radius 3 is 2.00 bits per heavy atom. The van der Waals surface area contributed by atoms with E-state index in [4.69, 9.17) is 5.26 Å². The standard InChI is InChI=1S/C7H4FN.C3H4F3NO/c8-7-3-1-6(5-9)2-4-7;4-3(5,6)1-2(7)8/h1-4H;1H2,(H2,7,8). The lowest BCUT2D eigenvalue weighted by molar-refractivity contribution is -0.151. The molecular formula is C10H8F4N2O. The van der Waals surface area contributed by atoms with Gasteiger partial charge in [-0.1, -0.05) is 0 Å². The fourth-order valence-corrected chi connectivity index (χ4v) is 0.722. The van der Waals surface area contributed by atoms with Crippen LogP contribution in [0.1, 0.15) is 12.0 Å². The highest BCUT2D eigenvalue weighted by Gasteiger charge is 2.29. The van der Waals surface area contributed by atoms with Crippen molar-refractivity contribution in [3.05, 3.63) is 35.6 Å². The smallest absolute Gasteiger partial charge is 0.369 e. The SMILES string of the molecule is N#Cc1ccc(F)cc1.NC(=O)CC(F)(F)F. The van der Waals surface area contributed by atoms with Crippen molar-refractivity contribution in [3.8, 4) is 6.07 Å². The van der Waals surface area contributed by atoms with E-state index in [1.165, 1.54) is 24.3 Å². The summed E-state index contributed by atoms with van der Waals surface area (Å²) < 4.78 is 45.1. The number of alkyl halides is 3. The van der Waals surface area contributed by atoms with Gasteiger partial charge in [0.1, 0.15) is 12.2 Å². The summed E-state index contributed by atoms with van der Waals surface area (Å²) in [7, 11) is 0. The summed E-state index contributed by atoms with van der Waals surface area (Å²) in [6, 6.07) is 7.29. The summed E-state index contributed by atoms with van der Waals surface area (Å²) in [6.45, 7) is 0. The van der Waals surface area contributed by atoms with E-state index in [1.807, 2.05) is 6.07 Å². The molecule has 0 aliphatic rings. The van der Waals surface area contributed by atoms with Crippen molar-refractivity contribution in [2.75, 3.05) is 0 Å². The minimum absolute atomic E-state index is 0.311. The van der Waals surface area contributed by atoms with Crippen molar-refractivity contribution in [2.24, 2.45) is 5.73 Å². The first-order valence-electron chi connectivity index (χ1n) is 4.25. The molecule has 0 spiro atoms. The number of primary amides is 1. The topological polar surface area (TPSA) is 66.9 Å². The van der Waals surface area contributed by atoms with E-state index in [-0.39, 0.29) is 5.82 Å². The molecule has 0 heterocycles. The zero-order valence-electron chi connectivity index (χ0n) is 8.46. The van der Waals surface area contributed by atoms with Crippen molar-refractivity contribution >= 4 is 5.91 Å². The van der Waals surface area contributed by atoms with Crippen LogP contribution in [0.4, 0.5) is 17.6 Å². The predicted molar refractivity (Wildman–Crippen MR) is 51.0 cm³/mol. The van der Waals surface area contributed by atoms with Gasteiger partial charge in [0.2, 0.25) is 5.91 Å². The summed E-state index contributed by atoms with van der Waals surface area (Å²) >= 11 is 0. The molecule has 1 amide bonds. The van der Waals surface area contributed by atoms with Gasteiger partial charge >= 0.3 is 6.18 Å². The number of nitriles is 1. The van der Waals surface area contributed by atoms with Crippen LogP contribution in [0.5, 0.6) is 0 Å². The number of amides is 1. The third-order valence-corrected chi connectivity index (χ3v) is 1.35. The van der Waals surface area contributed by atoms with Gasteiger partial charge < -0.3 is 5.73 Å². The first kappa shape index (κ1) is 14.9. The van der Waals surface area contributed by atoms with Gasteiger partial charge in [-0.15, -0.1) is 0 Å². The molecule has 1 aromatic carbocycles. The Kier molecular flexibility index (Phi) is 5.68. The van der Waals surface area contributed by atoms with E-state index < -0.39 is 18.5 Å². The Morgan fingerprint density at radius 2 is 1.76 bits per heavy atom. The second-order valence-corrected chi connectivity index (χ2v) is 2.88. The monoisotopic (exact) mass is 248 g/mol. The quantitative estimate of drug-likeness (QED) is 0.773. The maximum atomic E-state index is 12.1. The molecule has 0 saturated carbocycles. The van der Waals surface area contributed by atoms with E-state index in [0.717, 1.165) is 0 Å². The molecule has 1 rings (SSSR count). The molecule has 0 bridgehead atoms. The van der Waals surface area contributed by atoms with Gasteiger partial charge in [-0.05, 0) is 24.3 Å². The van der Waals surface area contributed by atoms with E-state index in [2.05, 4.69) is 5.73 Å². The molecule has 0 radical (unpaired) electrons. The van der Waals surface area contributed by atoms with Crippen LogP contribution < -0.4 is 5.73 Å². The molecule has 0 aromatic heterocycles. The fraction of sp³-hybridized carbons (Fsp3) is 0.200. The molecule has 0 aliphatic carbocycles. The number of nitrogens with zero attached hydrogens (tertiary/aromatic N) is 1. The number of halogens is 4. The summed E-state index contributed by atoms with van der Waals surface area (Å²) in [4.78, 5) is 9.52. The number of carbonyl (C=O) groups is 1. The number of hydrogen-bond donors (Lipinski definition) is 1. The molecule has 2 N–H and O–H groups in total. The Bertz CT molecular complexity index is 406. The first-order chi connectivity index (χ1) is 7.74. The highest BCUT2D eigenvalue weighted by atomic mass is 19.4. The third kappa shape index (κ3) is 8.87. The van der Waals surface area contributed by atoms with Crippen LogP contribution in [0.2, 0.25) is 0 Å². The van der Waals surface area contributed by atoms with Crippen LogP contribution in [0.3, 0.4) is 0 Å². The summed E-state index contributed by atoms with van der Waals surface area (Å²) in [5, 5.41) is 8.26.